The zero-order chi connectivity index (χ0) is 9.97. The van der Waals surface area contributed by atoms with E-state index < -0.39 is 0 Å². The zero-order valence-corrected chi connectivity index (χ0v) is 8.75. The average molecular weight is 210 g/mol. The SMILES string of the molecule is CCNCc1cn2cc(Cl)ccc2n1. The summed E-state index contributed by atoms with van der Waals surface area (Å²) < 4.78 is 1.94. The summed E-state index contributed by atoms with van der Waals surface area (Å²) in [6.07, 6.45) is 3.85. The minimum absolute atomic E-state index is 0.727. The predicted molar refractivity (Wildman–Crippen MR) is 57.6 cm³/mol. The molecule has 0 aliphatic rings. The minimum Gasteiger partial charge on any atom is -0.311 e. The molecule has 0 radical (unpaired) electrons. The van der Waals surface area contributed by atoms with Crippen LogP contribution in [0.15, 0.2) is 24.5 Å². The van der Waals surface area contributed by atoms with Crippen LogP contribution in [0.2, 0.25) is 5.02 Å². The van der Waals surface area contributed by atoms with E-state index in [0.29, 0.717) is 0 Å². The monoisotopic (exact) mass is 209 g/mol. The van der Waals surface area contributed by atoms with Crippen LogP contribution in [0.3, 0.4) is 0 Å². The first kappa shape index (κ1) is 9.49. The summed E-state index contributed by atoms with van der Waals surface area (Å²) in [5.41, 5.74) is 1.97. The second-order valence-electron chi connectivity index (χ2n) is 3.13. The van der Waals surface area contributed by atoms with Crippen molar-refractivity contribution in [1.29, 1.82) is 0 Å². The molecule has 0 aliphatic heterocycles. The Bertz CT molecular complexity index is 436. The summed E-state index contributed by atoms with van der Waals surface area (Å²) >= 11 is 5.87. The standard InChI is InChI=1S/C10H12ClN3/c1-2-12-5-9-7-14-6-8(11)3-4-10(14)13-9/h3-4,6-7,12H,2,5H2,1H3. The van der Waals surface area contributed by atoms with Crippen molar-refractivity contribution in [3.63, 3.8) is 0 Å². The summed E-state index contributed by atoms with van der Waals surface area (Å²) in [6, 6.07) is 3.76. The Hall–Kier alpha value is -1.06. The average Bonchev–Trinajstić information content (AvgIpc) is 2.56. The van der Waals surface area contributed by atoms with Gasteiger partial charge in [-0.1, -0.05) is 18.5 Å². The van der Waals surface area contributed by atoms with Gasteiger partial charge < -0.3 is 9.72 Å². The number of hydrogen-bond donors (Lipinski definition) is 1. The summed E-state index contributed by atoms with van der Waals surface area (Å²) in [5, 5.41) is 3.96. The zero-order valence-electron chi connectivity index (χ0n) is 8.00. The van der Waals surface area contributed by atoms with E-state index in [1.54, 1.807) is 0 Å². The maximum absolute atomic E-state index is 5.87. The molecule has 0 bridgehead atoms. The molecular weight excluding hydrogens is 198 g/mol. The van der Waals surface area contributed by atoms with Crippen molar-refractivity contribution in [2.45, 2.75) is 13.5 Å². The van der Waals surface area contributed by atoms with Gasteiger partial charge in [-0.05, 0) is 18.7 Å². The van der Waals surface area contributed by atoms with Gasteiger partial charge >= 0.3 is 0 Å². The van der Waals surface area contributed by atoms with Gasteiger partial charge in [-0.25, -0.2) is 4.98 Å². The normalized spacial score (nSPS) is 11.0. The highest BCUT2D eigenvalue weighted by molar-refractivity contribution is 6.30. The lowest BCUT2D eigenvalue weighted by Crippen LogP contribution is -2.11. The number of nitrogens with zero attached hydrogens (tertiary/aromatic N) is 2. The fourth-order valence-electron chi connectivity index (χ4n) is 1.36. The Kier molecular flexibility index (Phi) is 2.70. The highest BCUT2D eigenvalue weighted by Gasteiger charge is 2.00. The fourth-order valence-corrected chi connectivity index (χ4v) is 1.52. The molecule has 1 N–H and O–H groups in total. The minimum atomic E-state index is 0.727. The summed E-state index contributed by atoms with van der Waals surface area (Å²) in [7, 11) is 0. The van der Waals surface area contributed by atoms with Crippen LogP contribution in [0.5, 0.6) is 0 Å². The molecule has 2 aromatic rings. The van der Waals surface area contributed by atoms with Crippen LogP contribution in [0, 0.1) is 0 Å². The number of pyridine rings is 1. The molecular formula is C10H12ClN3. The number of aromatic nitrogens is 2. The molecule has 0 atom stereocenters. The summed E-state index contributed by atoms with van der Waals surface area (Å²) in [5.74, 6) is 0. The topological polar surface area (TPSA) is 29.3 Å². The number of imidazole rings is 1. The second-order valence-corrected chi connectivity index (χ2v) is 3.56. The van der Waals surface area contributed by atoms with Crippen LogP contribution < -0.4 is 5.32 Å². The van der Waals surface area contributed by atoms with Crippen LogP contribution in [0.25, 0.3) is 5.65 Å². The van der Waals surface area contributed by atoms with E-state index in [9.17, 15) is 0 Å². The molecule has 3 nitrogen and oxygen atoms in total. The molecule has 0 fully saturated rings. The van der Waals surface area contributed by atoms with Gasteiger partial charge in [-0.15, -0.1) is 0 Å². The molecule has 2 heterocycles. The molecule has 0 saturated carbocycles. The van der Waals surface area contributed by atoms with Gasteiger partial charge in [0.25, 0.3) is 0 Å². The largest absolute Gasteiger partial charge is 0.311 e. The smallest absolute Gasteiger partial charge is 0.137 e. The summed E-state index contributed by atoms with van der Waals surface area (Å²) in [6.45, 7) is 3.83. The van der Waals surface area contributed by atoms with E-state index in [0.717, 1.165) is 29.5 Å². The van der Waals surface area contributed by atoms with Crippen molar-refractivity contribution in [2.24, 2.45) is 0 Å². The van der Waals surface area contributed by atoms with Gasteiger partial charge in [0.2, 0.25) is 0 Å². The lowest BCUT2D eigenvalue weighted by molar-refractivity contribution is 0.714. The third kappa shape index (κ3) is 1.89. The Morgan fingerprint density at radius 1 is 1.43 bits per heavy atom. The van der Waals surface area contributed by atoms with Crippen molar-refractivity contribution in [2.75, 3.05) is 6.54 Å². The maximum Gasteiger partial charge on any atom is 0.137 e. The number of nitrogens with one attached hydrogen (secondary N) is 1. The van der Waals surface area contributed by atoms with Gasteiger partial charge in [-0.2, -0.15) is 0 Å². The molecule has 0 spiro atoms. The Balaban J connectivity index is 2.32. The van der Waals surface area contributed by atoms with E-state index in [2.05, 4.69) is 17.2 Å². The maximum atomic E-state index is 5.87. The van der Waals surface area contributed by atoms with Gasteiger partial charge in [-0.3, -0.25) is 0 Å². The number of rotatable bonds is 3. The van der Waals surface area contributed by atoms with E-state index in [4.69, 9.17) is 11.6 Å². The summed E-state index contributed by atoms with van der Waals surface area (Å²) in [4.78, 5) is 4.43. The van der Waals surface area contributed by atoms with Crippen molar-refractivity contribution in [3.8, 4) is 0 Å². The van der Waals surface area contributed by atoms with Crippen molar-refractivity contribution in [3.05, 3.63) is 35.2 Å². The molecule has 2 aromatic heterocycles. The van der Waals surface area contributed by atoms with Crippen LogP contribution in [-0.4, -0.2) is 15.9 Å². The molecule has 2 rings (SSSR count). The van der Waals surface area contributed by atoms with Crippen LogP contribution in [0.4, 0.5) is 0 Å². The van der Waals surface area contributed by atoms with Crippen LogP contribution >= 0.6 is 11.6 Å². The highest BCUT2D eigenvalue weighted by atomic mass is 35.5. The molecule has 14 heavy (non-hydrogen) atoms. The molecule has 0 aliphatic carbocycles. The lowest BCUT2D eigenvalue weighted by Gasteiger charge is -1.94. The van der Waals surface area contributed by atoms with Gasteiger partial charge in [0.15, 0.2) is 0 Å². The highest BCUT2D eigenvalue weighted by Crippen LogP contribution is 2.11. The number of fused-ring (bicyclic) bond motifs is 1. The van der Waals surface area contributed by atoms with Gasteiger partial charge in [0.1, 0.15) is 5.65 Å². The van der Waals surface area contributed by atoms with Gasteiger partial charge in [0.05, 0.1) is 10.7 Å². The van der Waals surface area contributed by atoms with E-state index >= 15 is 0 Å². The van der Waals surface area contributed by atoms with Crippen LogP contribution in [-0.2, 0) is 6.54 Å². The first-order valence-corrected chi connectivity index (χ1v) is 5.01. The molecule has 4 heteroatoms. The third-order valence-corrected chi connectivity index (χ3v) is 2.24. The molecule has 0 saturated heterocycles. The van der Waals surface area contributed by atoms with E-state index in [1.165, 1.54) is 0 Å². The first-order chi connectivity index (χ1) is 6.79. The third-order valence-electron chi connectivity index (χ3n) is 2.02. The quantitative estimate of drug-likeness (QED) is 0.839. The van der Waals surface area contributed by atoms with Crippen molar-refractivity contribution in [1.82, 2.24) is 14.7 Å². The molecule has 74 valence electrons. The number of halogens is 1. The molecule has 0 aromatic carbocycles. The number of hydrogen-bond acceptors (Lipinski definition) is 2. The van der Waals surface area contributed by atoms with Crippen molar-refractivity contribution >= 4 is 17.2 Å². The predicted octanol–water partition coefficient (Wildman–Crippen LogP) is 2.10. The van der Waals surface area contributed by atoms with E-state index in [-0.39, 0.29) is 0 Å². The second kappa shape index (κ2) is 3.98. The van der Waals surface area contributed by atoms with Crippen molar-refractivity contribution < 1.29 is 0 Å². The van der Waals surface area contributed by atoms with E-state index in [1.807, 2.05) is 28.9 Å². The Morgan fingerprint density at radius 2 is 2.29 bits per heavy atom. The Labute approximate surface area is 87.7 Å². The molecule has 0 unspecified atom stereocenters. The Morgan fingerprint density at radius 3 is 3.07 bits per heavy atom. The van der Waals surface area contributed by atoms with Gasteiger partial charge in [0, 0.05) is 18.9 Å². The van der Waals surface area contributed by atoms with Crippen LogP contribution in [0.1, 0.15) is 12.6 Å². The first-order valence-electron chi connectivity index (χ1n) is 4.63. The molecule has 0 amide bonds. The lowest BCUT2D eigenvalue weighted by atomic mass is 10.5. The fraction of sp³-hybridized carbons (Fsp3) is 0.300.